The SMILES string of the molecule is O=C(NCc1nc(-c2ccccc2F)cs1)c1cn(CC2CCOC2)nn1. The summed E-state index contributed by atoms with van der Waals surface area (Å²) in [6.45, 7) is 2.44. The molecule has 1 saturated heterocycles. The first-order valence-corrected chi connectivity index (χ1v) is 9.52. The second-order valence-corrected chi connectivity index (χ2v) is 7.29. The van der Waals surface area contributed by atoms with E-state index in [1.165, 1.54) is 17.4 Å². The fraction of sp³-hybridized carbons (Fsp3) is 0.333. The fourth-order valence-electron chi connectivity index (χ4n) is 2.91. The summed E-state index contributed by atoms with van der Waals surface area (Å²) in [5.41, 5.74) is 1.28. The number of hydrogen-bond acceptors (Lipinski definition) is 6. The fourth-order valence-corrected chi connectivity index (χ4v) is 3.65. The van der Waals surface area contributed by atoms with Gasteiger partial charge in [-0.3, -0.25) is 9.48 Å². The number of carbonyl (C=O) groups excluding carboxylic acids is 1. The van der Waals surface area contributed by atoms with Crippen molar-refractivity contribution in [3.05, 3.63) is 52.4 Å². The van der Waals surface area contributed by atoms with Crippen LogP contribution in [-0.2, 0) is 17.8 Å². The quantitative estimate of drug-likeness (QED) is 0.703. The smallest absolute Gasteiger partial charge is 0.273 e. The number of carbonyl (C=O) groups is 1. The molecule has 4 rings (SSSR count). The molecule has 0 saturated carbocycles. The third-order valence-corrected chi connectivity index (χ3v) is 5.19. The lowest BCUT2D eigenvalue weighted by Crippen LogP contribution is -2.23. The molecule has 1 fully saturated rings. The molecule has 0 bridgehead atoms. The Morgan fingerprint density at radius 3 is 3.11 bits per heavy atom. The summed E-state index contributed by atoms with van der Waals surface area (Å²) in [5.74, 6) is -0.219. The predicted molar refractivity (Wildman–Crippen MR) is 97.6 cm³/mol. The Kier molecular flexibility index (Phi) is 5.21. The van der Waals surface area contributed by atoms with E-state index in [2.05, 4.69) is 20.6 Å². The Bertz CT molecular complexity index is 935. The van der Waals surface area contributed by atoms with E-state index in [1.54, 1.807) is 34.5 Å². The van der Waals surface area contributed by atoms with Crippen LogP contribution in [-0.4, -0.2) is 39.1 Å². The number of rotatable bonds is 6. The molecule has 3 aromatic rings. The zero-order valence-corrected chi connectivity index (χ0v) is 15.3. The molecule has 2 aromatic heterocycles. The molecule has 27 heavy (non-hydrogen) atoms. The number of nitrogens with zero attached hydrogens (tertiary/aromatic N) is 4. The van der Waals surface area contributed by atoms with Crippen molar-refractivity contribution in [2.45, 2.75) is 19.5 Å². The van der Waals surface area contributed by atoms with E-state index in [9.17, 15) is 9.18 Å². The van der Waals surface area contributed by atoms with Crippen LogP contribution in [0.5, 0.6) is 0 Å². The standard InChI is InChI=1S/C18H18FN5O2S/c19-14-4-2-1-3-13(14)16-11-27-17(21-16)7-20-18(25)15-9-24(23-22-15)8-12-5-6-26-10-12/h1-4,9,11-12H,5-8,10H2,(H,20,25). The Morgan fingerprint density at radius 1 is 1.41 bits per heavy atom. The van der Waals surface area contributed by atoms with Crippen molar-refractivity contribution in [2.24, 2.45) is 5.92 Å². The lowest BCUT2D eigenvalue weighted by atomic mass is 10.1. The van der Waals surface area contributed by atoms with Crippen LogP contribution < -0.4 is 5.32 Å². The Morgan fingerprint density at radius 2 is 2.30 bits per heavy atom. The highest BCUT2D eigenvalue weighted by atomic mass is 32.1. The van der Waals surface area contributed by atoms with E-state index in [1.807, 2.05) is 0 Å². The number of amides is 1. The van der Waals surface area contributed by atoms with Crippen molar-refractivity contribution in [3.8, 4) is 11.3 Å². The van der Waals surface area contributed by atoms with Crippen molar-refractivity contribution in [1.29, 1.82) is 0 Å². The molecule has 1 atom stereocenters. The lowest BCUT2D eigenvalue weighted by Gasteiger charge is -2.05. The van der Waals surface area contributed by atoms with E-state index in [0.29, 0.717) is 28.7 Å². The molecule has 9 heteroatoms. The molecule has 3 heterocycles. The van der Waals surface area contributed by atoms with Gasteiger partial charge in [-0.15, -0.1) is 16.4 Å². The summed E-state index contributed by atoms with van der Waals surface area (Å²) >= 11 is 1.37. The number of ether oxygens (including phenoxy) is 1. The largest absolute Gasteiger partial charge is 0.381 e. The van der Waals surface area contributed by atoms with Gasteiger partial charge in [0, 0.05) is 30.0 Å². The lowest BCUT2D eigenvalue weighted by molar-refractivity contribution is 0.0945. The highest BCUT2D eigenvalue weighted by Gasteiger charge is 2.18. The summed E-state index contributed by atoms with van der Waals surface area (Å²) in [5, 5.41) is 13.2. The molecule has 0 spiro atoms. The number of thiazole rings is 1. The van der Waals surface area contributed by atoms with Gasteiger partial charge in [-0.1, -0.05) is 17.3 Å². The third-order valence-electron chi connectivity index (χ3n) is 4.34. The first kappa shape index (κ1) is 17.7. The molecule has 1 aliphatic rings. The van der Waals surface area contributed by atoms with Gasteiger partial charge in [0.2, 0.25) is 0 Å². The summed E-state index contributed by atoms with van der Waals surface area (Å²) < 4.78 is 20.9. The van der Waals surface area contributed by atoms with E-state index < -0.39 is 0 Å². The average Bonchev–Trinajstić information content (AvgIpc) is 3.43. The summed E-state index contributed by atoms with van der Waals surface area (Å²) in [6, 6.07) is 6.48. The highest BCUT2D eigenvalue weighted by molar-refractivity contribution is 7.09. The third kappa shape index (κ3) is 4.20. The topological polar surface area (TPSA) is 81.9 Å². The number of hydrogen-bond donors (Lipinski definition) is 1. The van der Waals surface area contributed by atoms with Gasteiger partial charge in [0.05, 0.1) is 25.0 Å². The van der Waals surface area contributed by atoms with E-state index in [0.717, 1.165) is 19.6 Å². The van der Waals surface area contributed by atoms with Crippen LogP contribution >= 0.6 is 11.3 Å². The van der Waals surface area contributed by atoms with Gasteiger partial charge in [-0.25, -0.2) is 9.37 Å². The molecule has 0 aliphatic carbocycles. The molecule has 1 N–H and O–H groups in total. The second kappa shape index (κ2) is 7.93. The van der Waals surface area contributed by atoms with Gasteiger partial charge >= 0.3 is 0 Å². The second-order valence-electron chi connectivity index (χ2n) is 6.34. The Balaban J connectivity index is 1.34. The number of benzene rings is 1. The van der Waals surface area contributed by atoms with E-state index in [-0.39, 0.29) is 24.0 Å². The normalized spacial score (nSPS) is 16.6. The van der Waals surface area contributed by atoms with Crippen LogP contribution in [0.2, 0.25) is 0 Å². The maximum atomic E-state index is 13.8. The van der Waals surface area contributed by atoms with Crippen LogP contribution in [0.15, 0.2) is 35.8 Å². The van der Waals surface area contributed by atoms with Gasteiger partial charge in [0.1, 0.15) is 10.8 Å². The molecule has 1 amide bonds. The van der Waals surface area contributed by atoms with Crippen molar-refractivity contribution in [3.63, 3.8) is 0 Å². The molecule has 0 radical (unpaired) electrons. The number of nitrogens with one attached hydrogen (secondary N) is 1. The molecular formula is C18H18FN5O2S. The minimum Gasteiger partial charge on any atom is -0.381 e. The van der Waals surface area contributed by atoms with Crippen LogP contribution in [0.1, 0.15) is 21.9 Å². The molecule has 140 valence electrons. The van der Waals surface area contributed by atoms with Crippen LogP contribution in [0.4, 0.5) is 4.39 Å². The molecule has 1 aliphatic heterocycles. The van der Waals surface area contributed by atoms with Crippen molar-refractivity contribution in [1.82, 2.24) is 25.3 Å². The van der Waals surface area contributed by atoms with Gasteiger partial charge in [-0.2, -0.15) is 0 Å². The Labute approximate surface area is 159 Å². The van der Waals surface area contributed by atoms with Crippen molar-refractivity contribution in [2.75, 3.05) is 13.2 Å². The minimum absolute atomic E-state index is 0.251. The zero-order valence-electron chi connectivity index (χ0n) is 14.5. The first-order chi connectivity index (χ1) is 13.2. The van der Waals surface area contributed by atoms with Crippen LogP contribution in [0.3, 0.4) is 0 Å². The summed E-state index contributed by atoms with van der Waals surface area (Å²) in [6.07, 6.45) is 2.63. The molecular weight excluding hydrogens is 369 g/mol. The molecule has 1 aromatic carbocycles. The van der Waals surface area contributed by atoms with Gasteiger partial charge in [0.15, 0.2) is 5.69 Å². The Hall–Kier alpha value is -2.65. The summed E-state index contributed by atoms with van der Waals surface area (Å²) in [7, 11) is 0. The van der Waals surface area contributed by atoms with Crippen LogP contribution in [0.25, 0.3) is 11.3 Å². The average molecular weight is 387 g/mol. The van der Waals surface area contributed by atoms with Crippen LogP contribution in [0, 0.1) is 11.7 Å². The maximum absolute atomic E-state index is 13.8. The molecule has 7 nitrogen and oxygen atoms in total. The van der Waals surface area contributed by atoms with Crippen molar-refractivity contribution < 1.29 is 13.9 Å². The maximum Gasteiger partial charge on any atom is 0.273 e. The zero-order chi connectivity index (χ0) is 18.6. The minimum atomic E-state index is -0.317. The first-order valence-electron chi connectivity index (χ1n) is 8.64. The van der Waals surface area contributed by atoms with Gasteiger partial charge < -0.3 is 10.1 Å². The number of halogens is 1. The van der Waals surface area contributed by atoms with Gasteiger partial charge in [-0.05, 0) is 18.6 Å². The monoisotopic (exact) mass is 387 g/mol. The highest BCUT2D eigenvalue weighted by Crippen LogP contribution is 2.24. The predicted octanol–water partition coefficient (Wildman–Crippen LogP) is 2.51. The van der Waals surface area contributed by atoms with E-state index in [4.69, 9.17) is 4.74 Å². The van der Waals surface area contributed by atoms with E-state index >= 15 is 0 Å². The number of aromatic nitrogens is 4. The molecule has 1 unspecified atom stereocenters. The summed E-state index contributed by atoms with van der Waals surface area (Å²) in [4.78, 5) is 16.7. The van der Waals surface area contributed by atoms with Gasteiger partial charge in [0.25, 0.3) is 5.91 Å². The van der Waals surface area contributed by atoms with Crippen molar-refractivity contribution >= 4 is 17.2 Å².